The monoisotopic (exact) mass is 281 g/mol. The third-order valence-electron chi connectivity index (χ3n) is 2.89. The van der Waals surface area contributed by atoms with Gasteiger partial charge < -0.3 is 19.9 Å². The van der Waals surface area contributed by atoms with E-state index in [0.717, 1.165) is 17.1 Å². The van der Waals surface area contributed by atoms with Crippen LogP contribution in [0.15, 0.2) is 18.2 Å². The first-order valence-corrected chi connectivity index (χ1v) is 7.03. The lowest BCUT2D eigenvalue weighted by atomic mass is 10.1. The summed E-state index contributed by atoms with van der Waals surface area (Å²) in [6.45, 7) is 10.1. The minimum atomic E-state index is -0.723. The number of hydrogen-bond acceptors (Lipinski definition) is 4. The lowest BCUT2D eigenvalue weighted by molar-refractivity contribution is 0.0770. The molecule has 1 aromatic rings. The molecule has 0 amide bonds. The van der Waals surface area contributed by atoms with Gasteiger partial charge in [-0.1, -0.05) is 6.07 Å². The van der Waals surface area contributed by atoms with Crippen molar-refractivity contribution >= 4 is 0 Å². The van der Waals surface area contributed by atoms with Gasteiger partial charge in [-0.05, 0) is 52.3 Å². The fourth-order valence-corrected chi connectivity index (χ4v) is 1.83. The Kier molecular flexibility index (Phi) is 5.84. The topological polar surface area (TPSA) is 50.7 Å². The van der Waals surface area contributed by atoms with E-state index in [1.54, 1.807) is 21.0 Å². The number of nitrogens with one attached hydrogen (secondary N) is 1. The van der Waals surface area contributed by atoms with Gasteiger partial charge in [0.05, 0.1) is 18.8 Å². The second-order valence-electron chi connectivity index (χ2n) is 5.99. The maximum Gasteiger partial charge on any atom is 0.161 e. The molecule has 1 rings (SSSR count). The zero-order chi connectivity index (χ0) is 15.3. The number of rotatable bonds is 7. The van der Waals surface area contributed by atoms with Crippen LogP contribution in [0.4, 0.5) is 0 Å². The number of methoxy groups -OCH3 is 1. The van der Waals surface area contributed by atoms with Crippen LogP contribution in [0.25, 0.3) is 0 Å². The zero-order valence-corrected chi connectivity index (χ0v) is 13.4. The van der Waals surface area contributed by atoms with Crippen LogP contribution >= 0.6 is 0 Å². The van der Waals surface area contributed by atoms with Crippen molar-refractivity contribution in [2.45, 2.75) is 52.4 Å². The van der Waals surface area contributed by atoms with Gasteiger partial charge in [-0.3, -0.25) is 0 Å². The molecule has 4 nitrogen and oxygen atoms in total. The van der Waals surface area contributed by atoms with Crippen molar-refractivity contribution in [2.24, 2.45) is 0 Å². The van der Waals surface area contributed by atoms with Gasteiger partial charge in [-0.25, -0.2) is 0 Å². The molecule has 0 aromatic heterocycles. The van der Waals surface area contributed by atoms with Gasteiger partial charge in [0.1, 0.15) is 0 Å². The Morgan fingerprint density at radius 3 is 2.35 bits per heavy atom. The lowest BCUT2D eigenvalue weighted by Gasteiger charge is -2.23. The van der Waals surface area contributed by atoms with Crippen molar-refractivity contribution in [2.75, 3.05) is 13.7 Å². The zero-order valence-electron chi connectivity index (χ0n) is 13.4. The second kappa shape index (κ2) is 6.95. The summed E-state index contributed by atoms with van der Waals surface area (Å²) in [5.74, 6) is 1.48. The first-order chi connectivity index (χ1) is 9.23. The molecule has 0 saturated carbocycles. The Bertz CT molecular complexity index is 424. The predicted molar refractivity (Wildman–Crippen MR) is 81.5 cm³/mol. The fourth-order valence-electron chi connectivity index (χ4n) is 1.83. The molecular weight excluding hydrogens is 254 g/mol. The van der Waals surface area contributed by atoms with Crippen LogP contribution in [0.2, 0.25) is 0 Å². The molecule has 0 aliphatic rings. The molecule has 0 saturated heterocycles. The molecule has 0 spiro atoms. The summed E-state index contributed by atoms with van der Waals surface area (Å²) >= 11 is 0. The molecule has 114 valence electrons. The Labute approximate surface area is 122 Å². The van der Waals surface area contributed by atoms with E-state index >= 15 is 0 Å². The molecule has 0 fully saturated rings. The van der Waals surface area contributed by atoms with Crippen molar-refractivity contribution in [3.05, 3.63) is 23.8 Å². The predicted octanol–water partition coefficient (Wildman–Crippen LogP) is 2.90. The van der Waals surface area contributed by atoms with E-state index < -0.39 is 5.60 Å². The number of benzene rings is 1. The maximum absolute atomic E-state index is 9.75. The van der Waals surface area contributed by atoms with Gasteiger partial charge >= 0.3 is 0 Å². The van der Waals surface area contributed by atoms with E-state index in [9.17, 15) is 5.11 Å². The molecule has 0 bridgehead atoms. The van der Waals surface area contributed by atoms with E-state index in [-0.39, 0.29) is 12.1 Å². The second-order valence-corrected chi connectivity index (χ2v) is 5.99. The van der Waals surface area contributed by atoms with Crippen LogP contribution in [0.3, 0.4) is 0 Å². The van der Waals surface area contributed by atoms with E-state index in [1.807, 2.05) is 32.0 Å². The van der Waals surface area contributed by atoms with Crippen molar-refractivity contribution < 1.29 is 14.6 Å². The largest absolute Gasteiger partial charge is 0.493 e. The van der Waals surface area contributed by atoms with Gasteiger partial charge in [0, 0.05) is 12.6 Å². The first-order valence-electron chi connectivity index (χ1n) is 7.03. The molecule has 4 heteroatoms. The highest BCUT2D eigenvalue weighted by atomic mass is 16.5. The number of aliphatic hydroxyl groups is 1. The van der Waals surface area contributed by atoms with Crippen LogP contribution in [0, 0.1) is 0 Å². The maximum atomic E-state index is 9.75. The average molecular weight is 281 g/mol. The standard InChI is InChI=1S/C16H27NO3/c1-11(2)20-14-8-7-13(9-15(14)19-6)12(3)17-10-16(4,5)18/h7-9,11-12,17-18H,10H2,1-6H3. The molecule has 2 N–H and O–H groups in total. The third kappa shape index (κ3) is 5.39. The Hall–Kier alpha value is -1.26. The summed E-state index contributed by atoms with van der Waals surface area (Å²) in [7, 11) is 1.64. The summed E-state index contributed by atoms with van der Waals surface area (Å²) < 4.78 is 11.1. The van der Waals surface area contributed by atoms with Gasteiger partial charge in [0.25, 0.3) is 0 Å². The van der Waals surface area contributed by atoms with Crippen molar-refractivity contribution in [1.82, 2.24) is 5.32 Å². The molecular formula is C16H27NO3. The average Bonchev–Trinajstić information content (AvgIpc) is 2.34. The molecule has 0 radical (unpaired) electrons. The molecule has 20 heavy (non-hydrogen) atoms. The highest BCUT2D eigenvalue weighted by molar-refractivity contribution is 5.43. The highest BCUT2D eigenvalue weighted by Crippen LogP contribution is 2.31. The summed E-state index contributed by atoms with van der Waals surface area (Å²) in [6, 6.07) is 6.04. The highest BCUT2D eigenvalue weighted by Gasteiger charge is 2.16. The molecule has 0 aliphatic carbocycles. The van der Waals surface area contributed by atoms with Crippen LogP contribution in [0.1, 0.15) is 46.2 Å². The normalized spacial score (nSPS) is 13.4. The van der Waals surface area contributed by atoms with Gasteiger partial charge in [-0.15, -0.1) is 0 Å². The minimum Gasteiger partial charge on any atom is -0.493 e. The Morgan fingerprint density at radius 2 is 1.85 bits per heavy atom. The number of hydrogen-bond donors (Lipinski definition) is 2. The van der Waals surface area contributed by atoms with Crippen LogP contribution in [0.5, 0.6) is 11.5 Å². The summed E-state index contributed by atoms with van der Waals surface area (Å²) in [5.41, 5.74) is 0.376. The lowest BCUT2D eigenvalue weighted by Crippen LogP contribution is -2.36. The molecule has 0 aliphatic heterocycles. The quantitative estimate of drug-likeness (QED) is 0.807. The van der Waals surface area contributed by atoms with E-state index in [2.05, 4.69) is 12.2 Å². The van der Waals surface area contributed by atoms with E-state index in [1.165, 1.54) is 0 Å². The summed E-state index contributed by atoms with van der Waals surface area (Å²) in [4.78, 5) is 0. The van der Waals surface area contributed by atoms with Crippen LogP contribution < -0.4 is 14.8 Å². The first kappa shape index (κ1) is 16.8. The van der Waals surface area contributed by atoms with Gasteiger partial charge in [0.15, 0.2) is 11.5 Å². The SMILES string of the molecule is COc1cc(C(C)NCC(C)(C)O)ccc1OC(C)C. The van der Waals surface area contributed by atoms with Gasteiger partial charge in [-0.2, -0.15) is 0 Å². The Morgan fingerprint density at radius 1 is 1.20 bits per heavy atom. The van der Waals surface area contributed by atoms with E-state index in [4.69, 9.17) is 9.47 Å². The molecule has 1 unspecified atom stereocenters. The minimum absolute atomic E-state index is 0.112. The summed E-state index contributed by atoms with van der Waals surface area (Å²) in [6.07, 6.45) is 0.112. The summed E-state index contributed by atoms with van der Waals surface area (Å²) in [5, 5.41) is 13.1. The van der Waals surface area contributed by atoms with Crippen LogP contribution in [-0.4, -0.2) is 30.5 Å². The molecule has 1 atom stereocenters. The van der Waals surface area contributed by atoms with Crippen molar-refractivity contribution in [3.8, 4) is 11.5 Å². The van der Waals surface area contributed by atoms with Crippen LogP contribution in [-0.2, 0) is 0 Å². The number of ether oxygens (including phenoxy) is 2. The molecule has 1 aromatic carbocycles. The van der Waals surface area contributed by atoms with Gasteiger partial charge in [0.2, 0.25) is 0 Å². The molecule has 0 heterocycles. The Balaban J connectivity index is 2.81. The fraction of sp³-hybridized carbons (Fsp3) is 0.625. The van der Waals surface area contributed by atoms with Crippen molar-refractivity contribution in [3.63, 3.8) is 0 Å². The van der Waals surface area contributed by atoms with E-state index in [0.29, 0.717) is 6.54 Å². The third-order valence-corrected chi connectivity index (χ3v) is 2.89. The van der Waals surface area contributed by atoms with Crippen molar-refractivity contribution in [1.29, 1.82) is 0 Å². The smallest absolute Gasteiger partial charge is 0.161 e.